The van der Waals surface area contributed by atoms with Crippen LogP contribution in [0.5, 0.6) is 0 Å². The summed E-state index contributed by atoms with van der Waals surface area (Å²) < 4.78 is 0. The van der Waals surface area contributed by atoms with Gasteiger partial charge in [-0.1, -0.05) is 64.8 Å². The van der Waals surface area contributed by atoms with Crippen molar-refractivity contribution in [2.24, 2.45) is 4.99 Å². The Bertz CT molecular complexity index is 1260. The van der Waals surface area contributed by atoms with Gasteiger partial charge in [-0.25, -0.2) is 4.99 Å². The third-order valence-corrected chi connectivity index (χ3v) is 7.56. The average Bonchev–Trinajstić information content (AvgIpc) is 2.83. The van der Waals surface area contributed by atoms with Crippen LogP contribution in [0.3, 0.4) is 0 Å². The van der Waals surface area contributed by atoms with E-state index in [1.807, 2.05) is 37.3 Å². The number of amidine groups is 1. The summed E-state index contributed by atoms with van der Waals surface area (Å²) in [4.78, 5) is 32.5. The molecule has 0 saturated carbocycles. The Kier molecular flexibility index (Phi) is 8.39. The fraction of sp³-hybridized carbons (Fsp3) is 0.192. The molecule has 1 heterocycles. The molecular formula is C26H22Cl3N3O2S. The van der Waals surface area contributed by atoms with Crippen molar-refractivity contribution in [1.29, 1.82) is 0 Å². The highest BCUT2D eigenvalue weighted by Gasteiger charge is 2.35. The molecule has 0 aromatic heterocycles. The van der Waals surface area contributed by atoms with Gasteiger partial charge in [-0.15, -0.1) is 0 Å². The second-order valence-electron chi connectivity index (χ2n) is 8.06. The van der Waals surface area contributed by atoms with E-state index >= 15 is 0 Å². The summed E-state index contributed by atoms with van der Waals surface area (Å²) >= 11 is 19.5. The van der Waals surface area contributed by atoms with Crippen molar-refractivity contribution in [2.45, 2.75) is 25.0 Å². The zero-order chi connectivity index (χ0) is 24.9. The molecule has 1 unspecified atom stereocenters. The molecule has 1 aliphatic rings. The minimum absolute atomic E-state index is 0.0658. The maximum atomic E-state index is 13.2. The van der Waals surface area contributed by atoms with Crippen LogP contribution < -0.4 is 5.32 Å². The summed E-state index contributed by atoms with van der Waals surface area (Å²) in [5.41, 5.74) is 3.20. The first-order valence-electron chi connectivity index (χ1n) is 10.9. The Morgan fingerprint density at radius 2 is 1.69 bits per heavy atom. The number of benzene rings is 3. The molecule has 1 saturated heterocycles. The number of amides is 2. The van der Waals surface area contributed by atoms with Gasteiger partial charge in [-0.2, -0.15) is 0 Å². The van der Waals surface area contributed by atoms with Crippen molar-refractivity contribution in [3.63, 3.8) is 0 Å². The fourth-order valence-corrected chi connectivity index (χ4v) is 5.03. The Balaban J connectivity index is 1.54. The minimum Gasteiger partial charge on any atom is -0.325 e. The number of nitrogens with one attached hydrogen (secondary N) is 1. The van der Waals surface area contributed by atoms with Gasteiger partial charge >= 0.3 is 0 Å². The molecule has 4 rings (SSSR count). The molecule has 9 heteroatoms. The standard InChI is InChI=1S/C26H22Cl3N3O2S/c1-16-2-9-21(14-22(16)29)30-25(34)23-15-24(33)32(13-12-17-3-5-18(27)6-4-17)26(35-23)31-20-10-7-19(28)8-11-20/h2-11,14,23H,12-13,15H2,1H3,(H,30,34). The smallest absolute Gasteiger partial charge is 0.238 e. The summed E-state index contributed by atoms with van der Waals surface area (Å²) in [6, 6.07) is 19.9. The summed E-state index contributed by atoms with van der Waals surface area (Å²) in [6.07, 6.45) is 0.693. The summed E-state index contributed by atoms with van der Waals surface area (Å²) in [6.45, 7) is 2.32. The van der Waals surface area contributed by atoms with Crippen molar-refractivity contribution in [1.82, 2.24) is 4.90 Å². The molecule has 0 radical (unpaired) electrons. The monoisotopic (exact) mass is 545 g/mol. The lowest BCUT2D eigenvalue weighted by atomic mass is 10.1. The lowest BCUT2D eigenvalue weighted by Gasteiger charge is -2.32. The molecular weight excluding hydrogens is 525 g/mol. The first-order valence-corrected chi connectivity index (χ1v) is 12.9. The topological polar surface area (TPSA) is 61.8 Å². The number of anilines is 1. The number of halogens is 3. The number of hydrogen-bond acceptors (Lipinski definition) is 4. The lowest BCUT2D eigenvalue weighted by Crippen LogP contribution is -2.46. The Morgan fingerprint density at radius 1 is 1.03 bits per heavy atom. The number of carbonyl (C=O) groups is 2. The maximum Gasteiger partial charge on any atom is 0.238 e. The van der Waals surface area contributed by atoms with Crippen LogP contribution in [0.4, 0.5) is 11.4 Å². The van der Waals surface area contributed by atoms with E-state index in [-0.39, 0.29) is 18.2 Å². The van der Waals surface area contributed by atoms with Crippen molar-refractivity contribution in [3.8, 4) is 0 Å². The Labute approximate surface area is 223 Å². The molecule has 35 heavy (non-hydrogen) atoms. The molecule has 1 fully saturated rings. The Morgan fingerprint density at radius 3 is 2.34 bits per heavy atom. The van der Waals surface area contributed by atoms with Gasteiger partial charge in [0.05, 0.1) is 5.69 Å². The van der Waals surface area contributed by atoms with Crippen molar-refractivity contribution in [2.75, 3.05) is 11.9 Å². The van der Waals surface area contributed by atoms with E-state index in [4.69, 9.17) is 34.8 Å². The molecule has 0 bridgehead atoms. The average molecular weight is 547 g/mol. The van der Waals surface area contributed by atoms with Crippen LogP contribution in [0.25, 0.3) is 0 Å². The Hall–Kier alpha value is -2.51. The van der Waals surface area contributed by atoms with Crippen LogP contribution in [0.15, 0.2) is 71.7 Å². The number of hydrogen-bond donors (Lipinski definition) is 1. The van der Waals surface area contributed by atoms with Gasteiger partial charge in [0.15, 0.2) is 5.17 Å². The van der Waals surface area contributed by atoms with E-state index in [1.165, 1.54) is 11.8 Å². The highest BCUT2D eigenvalue weighted by atomic mass is 35.5. The highest BCUT2D eigenvalue weighted by Crippen LogP contribution is 2.31. The van der Waals surface area contributed by atoms with Gasteiger partial charge in [-0.05, 0) is 73.0 Å². The summed E-state index contributed by atoms with van der Waals surface area (Å²) in [5, 5.41) is 4.53. The van der Waals surface area contributed by atoms with E-state index in [0.29, 0.717) is 44.6 Å². The molecule has 0 aliphatic carbocycles. The predicted octanol–water partition coefficient (Wildman–Crippen LogP) is 7.16. The van der Waals surface area contributed by atoms with E-state index < -0.39 is 5.25 Å². The number of thioether (sulfide) groups is 1. The number of aryl methyl sites for hydroxylation is 1. The van der Waals surface area contributed by atoms with Crippen LogP contribution in [0, 0.1) is 6.92 Å². The first kappa shape index (κ1) is 25.6. The minimum atomic E-state index is -0.625. The predicted molar refractivity (Wildman–Crippen MR) is 146 cm³/mol. The zero-order valence-corrected chi connectivity index (χ0v) is 21.9. The molecule has 2 amide bonds. The van der Waals surface area contributed by atoms with E-state index in [2.05, 4.69) is 10.3 Å². The number of nitrogens with zero attached hydrogens (tertiary/aromatic N) is 2. The second-order valence-corrected chi connectivity index (χ2v) is 10.5. The van der Waals surface area contributed by atoms with E-state index in [9.17, 15) is 9.59 Å². The molecule has 3 aromatic rings. The largest absolute Gasteiger partial charge is 0.325 e. The molecule has 5 nitrogen and oxygen atoms in total. The summed E-state index contributed by atoms with van der Waals surface area (Å²) in [7, 11) is 0. The van der Waals surface area contributed by atoms with Crippen molar-refractivity contribution < 1.29 is 9.59 Å². The summed E-state index contributed by atoms with van der Waals surface area (Å²) in [5.74, 6) is -0.433. The van der Waals surface area contributed by atoms with Crippen LogP contribution in [0.2, 0.25) is 15.1 Å². The van der Waals surface area contributed by atoms with E-state index in [0.717, 1.165) is 11.1 Å². The first-order chi connectivity index (χ1) is 16.8. The number of rotatable bonds is 6. The van der Waals surface area contributed by atoms with Crippen LogP contribution in [-0.4, -0.2) is 33.7 Å². The number of carbonyl (C=O) groups excluding carboxylic acids is 2. The van der Waals surface area contributed by atoms with E-state index in [1.54, 1.807) is 41.3 Å². The fourth-order valence-electron chi connectivity index (χ4n) is 3.47. The SMILES string of the molecule is Cc1ccc(NC(=O)C2CC(=O)N(CCc3ccc(Cl)cc3)C(=Nc3ccc(Cl)cc3)S2)cc1Cl. The maximum absolute atomic E-state index is 13.2. The second kappa shape index (κ2) is 11.5. The van der Waals surface area contributed by atoms with Crippen LogP contribution in [-0.2, 0) is 16.0 Å². The molecule has 180 valence electrons. The van der Waals surface area contributed by atoms with Gasteiger partial charge in [0, 0.05) is 33.7 Å². The zero-order valence-electron chi connectivity index (χ0n) is 18.8. The van der Waals surface area contributed by atoms with Crippen LogP contribution in [0.1, 0.15) is 17.5 Å². The normalized spacial score (nSPS) is 17.0. The highest BCUT2D eigenvalue weighted by molar-refractivity contribution is 8.15. The third-order valence-electron chi connectivity index (χ3n) is 5.46. The molecule has 1 atom stereocenters. The molecule has 1 aliphatic heterocycles. The lowest BCUT2D eigenvalue weighted by molar-refractivity contribution is -0.129. The third kappa shape index (κ3) is 6.79. The van der Waals surface area contributed by atoms with Crippen LogP contribution >= 0.6 is 46.6 Å². The molecule has 1 N–H and O–H groups in total. The van der Waals surface area contributed by atoms with Gasteiger partial charge in [-0.3, -0.25) is 14.5 Å². The molecule has 3 aromatic carbocycles. The molecule has 0 spiro atoms. The van der Waals surface area contributed by atoms with Crippen molar-refractivity contribution in [3.05, 3.63) is 92.9 Å². The number of aliphatic imine (C=N–C) groups is 1. The quantitative estimate of drug-likeness (QED) is 0.357. The van der Waals surface area contributed by atoms with Gasteiger partial charge < -0.3 is 5.32 Å². The van der Waals surface area contributed by atoms with Gasteiger partial charge in [0.25, 0.3) is 0 Å². The van der Waals surface area contributed by atoms with Gasteiger partial charge in [0.1, 0.15) is 5.25 Å². The van der Waals surface area contributed by atoms with Gasteiger partial charge in [0.2, 0.25) is 11.8 Å². The van der Waals surface area contributed by atoms with Crippen molar-refractivity contribution >= 4 is 74.9 Å².